The standard InChI is InChI=1S/C22H23FN4O5/c1-13(28)25-14-6-7-16(23)18(9-14)26-21(29)5-4-8-27-12-24-17-11-20(32-3)19(31-2)10-15(17)22(27)30/h6-7,9-12H,4-5,8H2,1-3H3,(H,25,28)(H,26,29). The number of methoxy groups -OCH3 is 2. The molecule has 0 unspecified atom stereocenters. The van der Waals surface area contributed by atoms with Crippen molar-refractivity contribution < 1.29 is 23.5 Å². The number of nitrogens with zero attached hydrogens (tertiary/aromatic N) is 2. The summed E-state index contributed by atoms with van der Waals surface area (Å²) in [5.41, 5.74) is 0.531. The largest absolute Gasteiger partial charge is 0.493 e. The molecule has 2 aromatic carbocycles. The Labute approximate surface area is 183 Å². The summed E-state index contributed by atoms with van der Waals surface area (Å²) >= 11 is 0. The van der Waals surface area contributed by atoms with Gasteiger partial charge in [0.15, 0.2) is 11.5 Å². The van der Waals surface area contributed by atoms with E-state index in [1.165, 1.54) is 44.2 Å². The van der Waals surface area contributed by atoms with E-state index in [1.807, 2.05) is 0 Å². The third-order valence-corrected chi connectivity index (χ3v) is 4.69. The minimum Gasteiger partial charge on any atom is -0.493 e. The maximum absolute atomic E-state index is 14.0. The zero-order valence-electron chi connectivity index (χ0n) is 17.9. The Morgan fingerprint density at radius 3 is 2.50 bits per heavy atom. The molecule has 3 rings (SSSR count). The highest BCUT2D eigenvalue weighted by Gasteiger charge is 2.12. The number of halogens is 1. The third-order valence-electron chi connectivity index (χ3n) is 4.69. The maximum Gasteiger partial charge on any atom is 0.261 e. The Bertz CT molecular complexity index is 1220. The van der Waals surface area contributed by atoms with Crippen LogP contribution in [0.5, 0.6) is 11.5 Å². The SMILES string of the molecule is COc1cc2ncn(CCCC(=O)Nc3cc(NC(C)=O)ccc3F)c(=O)c2cc1OC. The van der Waals surface area contributed by atoms with Gasteiger partial charge in [-0.25, -0.2) is 9.37 Å². The van der Waals surface area contributed by atoms with Gasteiger partial charge in [-0.3, -0.25) is 19.0 Å². The zero-order chi connectivity index (χ0) is 23.3. The van der Waals surface area contributed by atoms with Crippen molar-refractivity contribution in [2.24, 2.45) is 0 Å². The molecule has 168 valence electrons. The van der Waals surface area contributed by atoms with E-state index in [4.69, 9.17) is 9.47 Å². The minimum absolute atomic E-state index is 0.0353. The number of amides is 2. The summed E-state index contributed by atoms with van der Waals surface area (Å²) in [5.74, 6) is -0.459. The van der Waals surface area contributed by atoms with Crippen LogP contribution in [0.4, 0.5) is 15.8 Å². The van der Waals surface area contributed by atoms with Gasteiger partial charge in [0, 0.05) is 31.6 Å². The predicted octanol–water partition coefficient (Wildman–Crippen LogP) is 2.93. The number of anilines is 2. The molecule has 3 aromatic rings. The van der Waals surface area contributed by atoms with Crippen LogP contribution in [0.3, 0.4) is 0 Å². The van der Waals surface area contributed by atoms with Gasteiger partial charge in [0.1, 0.15) is 5.82 Å². The van der Waals surface area contributed by atoms with Gasteiger partial charge in [-0.2, -0.15) is 0 Å². The Balaban J connectivity index is 1.66. The molecule has 2 amide bonds. The number of benzene rings is 2. The van der Waals surface area contributed by atoms with Crippen molar-refractivity contribution in [2.75, 3.05) is 24.9 Å². The van der Waals surface area contributed by atoms with Crippen LogP contribution in [0, 0.1) is 5.82 Å². The lowest BCUT2D eigenvalue weighted by molar-refractivity contribution is -0.116. The summed E-state index contributed by atoms with van der Waals surface area (Å²) in [5, 5.41) is 5.38. The van der Waals surface area contributed by atoms with Crippen LogP contribution in [0.15, 0.2) is 41.5 Å². The quantitative estimate of drug-likeness (QED) is 0.555. The number of hydrogen-bond acceptors (Lipinski definition) is 6. The van der Waals surface area contributed by atoms with Crippen LogP contribution in [0.25, 0.3) is 10.9 Å². The Kier molecular flexibility index (Phi) is 7.04. The van der Waals surface area contributed by atoms with Gasteiger partial charge in [-0.1, -0.05) is 0 Å². The third kappa shape index (κ3) is 5.20. The van der Waals surface area contributed by atoms with Crippen molar-refractivity contribution >= 4 is 34.1 Å². The first kappa shape index (κ1) is 22.7. The van der Waals surface area contributed by atoms with E-state index < -0.39 is 11.7 Å². The van der Waals surface area contributed by atoms with Crippen molar-refractivity contribution in [1.29, 1.82) is 0 Å². The Hall–Kier alpha value is -3.95. The molecule has 0 fully saturated rings. The number of carbonyl (C=O) groups is 2. The van der Waals surface area contributed by atoms with Crippen LogP contribution in [0.1, 0.15) is 19.8 Å². The first-order valence-electron chi connectivity index (χ1n) is 9.80. The van der Waals surface area contributed by atoms with Gasteiger partial charge >= 0.3 is 0 Å². The molecule has 0 aliphatic rings. The monoisotopic (exact) mass is 442 g/mol. The molecule has 0 aliphatic carbocycles. The van der Waals surface area contributed by atoms with Crippen LogP contribution in [0.2, 0.25) is 0 Å². The van der Waals surface area contributed by atoms with Crippen LogP contribution < -0.4 is 25.7 Å². The fraction of sp³-hybridized carbons (Fsp3) is 0.273. The smallest absolute Gasteiger partial charge is 0.261 e. The normalized spacial score (nSPS) is 10.6. The number of hydrogen-bond donors (Lipinski definition) is 2. The number of aryl methyl sites for hydroxylation is 1. The first-order chi connectivity index (χ1) is 15.3. The molecule has 0 aliphatic heterocycles. The van der Waals surface area contributed by atoms with Gasteiger partial charge < -0.3 is 20.1 Å². The van der Waals surface area contributed by atoms with Crippen LogP contribution in [-0.4, -0.2) is 35.6 Å². The highest BCUT2D eigenvalue weighted by atomic mass is 19.1. The maximum atomic E-state index is 14.0. The second kappa shape index (κ2) is 9.90. The van der Waals surface area contributed by atoms with Gasteiger partial charge in [-0.15, -0.1) is 0 Å². The second-order valence-corrected chi connectivity index (χ2v) is 6.99. The van der Waals surface area contributed by atoms with Crippen molar-refractivity contribution in [1.82, 2.24) is 9.55 Å². The average Bonchev–Trinajstić information content (AvgIpc) is 2.76. The topological polar surface area (TPSA) is 112 Å². The molecule has 10 heteroatoms. The number of nitrogens with one attached hydrogen (secondary N) is 2. The molecular weight excluding hydrogens is 419 g/mol. The molecule has 9 nitrogen and oxygen atoms in total. The summed E-state index contributed by atoms with van der Waals surface area (Å²) in [7, 11) is 2.98. The zero-order valence-corrected chi connectivity index (χ0v) is 17.9. The van der Waals surface area contributed by atoms with E-state index in [0.717, 1.165) is 6.07 Å². The fourth-order valence-electron chi connectivity index (χ4n) is 3.17. The van der Waals surface area contributed by atoms with Gasteiger partial charge in [0.25, 0.3) is 5.56 Å². The summed E-state index contributed by atoms with van der Waals surface area (Å²) in [6.07, 6.45) is 1.80. The van der Waals surface area contributed by atoms with E-state index in [0.29, 0.717) is 34.5 Å². The molecule has 2 N–H and O–H groups in total. The second-order valence-electron chi connectivity index (χ2n) is 6.99. The molecule has 0 spiro atoms. The molecule has 32 heavy (non-hydrogen) atoms. The molecule has 0 radical (unpaired) electrons. The lowest BCUT2D eigenvalue weighted by Crippen LogP contribution is -2.22. The van der Waals surface area contributed by atoms with E-state index in [-0.39, 0.29) is 30.1 Å². The Morgan fingerprint density at radius 1 is 1.09 bits per heavy atom. The number of rotatable bonds is 8. The molecule has 0 bridgehead atoms. The molecule has 1 heterocycles. The Morgan fingerprint density at radius 2 is 1.81 bits per heavy atom. The molecular formula is C22H23FN4O5. The van der Waals surface area contributed by atoms with Crippen molar-refractivity contribution in [3.63, 3.8) is 0 Å². The number of ether oxygens (including phenoxy) is 2. The van der Waals surface area contributed by atoms with Crippen molar-refractivity contribution in [3.05, 3.63) is 52.8 Å². The predicted molar refractivity (Wildman–Crippen MR) is 118 cm³/mol. The number of carbonyl (C=O) groups excluding carboxylic acids is 2. The molecule has 0 atom stereocenters. The highest BCUT2D eigenvalue weighted by molar-refractivity contribution is 5.93. The summed E-state index contributed by atoms with van der Waals surface area (Å²) < 4.78 is 25.8. The van der Waals surface area contributed by atoms with Gasteiger partial charge in [0.05, 0.1) is 37.1 Å². The summed E-state index contributed by atoms with van der Waals surface area (Å²) in [6.45, 7) is 1.58. The van der Waals surface area contributed by atoms with Crippen molar-refractivity contribution in [3.8, 4) is 11.5 Å². The van der Waals surface area contributed by atoms with Crippen LogP contribution >= 0.6 is 0 Å². The van der Waals surface area contributed by atoms with E-state index >= 15 is 0 Å². The van der Waals surface area contributed by atoms with E-state index in [9.17, 15) is 18.8 Å². The summed E-state index contributed by atoms with van der Waals surface area (Å²) in [6, 6.07) is 7.09. The van der Waals surface area contributed by atoms with Crippen molar-refractivity contribution in [2.45, 2.75) is 26.3 Å². The number of fused-ring (bicyclic) bond motifs is 1. The van der Waals surface area contributed by atoms with Gasteiger partial charge in [-0.05, 0) is 30.7 Å². The molecule has 0 saturated heterocycles. The molecule has 1 aromatic heterocycles. The summed E-state index contributed by atoms with van der Waals surface area (Å²) in [4.78, 5) is 40.4. The minimum atomic E-state index is -0.619. The fourth-order valence-corrected chi connectivity index (χ4v) is 3.17. The first-order valence-corrected chi connectivity index (χ1v) is 9.80. The highest BCUT2D eigenvalue weighted by Crippen LogP contribution is 2.29. The van der Waals surface area contributed by atoms with Gasteiger partial charge in [0.2, 0.25) is 11.8 Å². The molecule has 0 saturated carbocycles. The lowest BCUT2D eigenvalue weighted by atomic mass is 10.2. The lowest BCUT2D eigenvalue weighted by Gasteiger charge is -2.11. The van der Waals surface area contributed by atoms with Crippen LogP contribution in [-0.2, 0) is 16.1 Å². The van der Waals surface area contributed by atoms with E-state index in [1.54, 1.807) is 12.1 Å². The number of aromatic nitrogens is 2. The average molecular weight is 442 g/mol. The van der Waals surface area contributed by atoms with E-state index in [2.05, 4.69) is 15.6 Å².